The molecule has 0 unspecified atom stereocenters. The van der Waals surface area contributed by atoms with E-state index in [1.165, 1.54) is 29.2 Å². The minimum absolute atomic E-state index is 0.208. The number of fused-ring (bicyclic) bond motifs is 1. The average Bonchev–Trinajstić information content (AvgIpc) is 2.85. The molecule has 3 rings (SSSR count). The van der Waals surface area contributed by atoms with Crippen LogP contribution in [0, 0.1) is 0 Å². The smallest absolute Gasteiger partial charge is 0.235 e. The molecule has 0 amide bonds. The molecule has 0 bridgehead atoms. The van der Waals surface area contributed by atoms with Gasteiger partial charge in [0.25, 0.3) is 0 Å². The summed E-state index contributed by atoms with van der Waals surface area (Å²) >= 11 is 5.97. The summed E-state index contributed by atoms with van der Waals surface area (Å²) in [5, 5.41) is 7.61. The third-order valence-corrected chi connectivity index (χ3v) is 3.09. The maximum atomic E-state index is 12.7. The third kappa shape index (κ3) is 2.20. The van der Waals surface area contributed by atoms with E-state index in [2.05, 4.69) is 15.3 Å². The lowest BCUT2D eigenvalue weighted by Gasteiger charge is -2.10. The van der Waals surface area contributed by atoms with Gasteiger partial charge in [0.2, 0.25) is 0 Å². The summed E-state index contributed by atoms with van der Waals surface area (Å²) in [4.78, 5) is 4.05. The first-order chi connectivity index (χ1) is 9.45. The van der Waals surface area contributed by atoms with Crippen molar-refractivity contribution in [2.24, 2.45) is 0 Å². The molecule has 2 aromatic heterocycles. The molecular formula is C12H6ClF3N4. The van der Waals surface area contributed by atoms with Crippen molar-refractivity contribution in [2.75, 3.05) is 0 Å². The fraction of sp³-hybridized carbons (Fsp3) is 0.0833. The lowest BCUT2D eigenvalue weighted by molar-refractivity contribution is -0.137. The number of halogens is 4. The molecule has 0 spiro atoms. The van der Waals surface area contributed by atoms with Gasteiger partial charge in [0.15, 0.2) is 5.65 Å². The molecule has 3 aromatic rings. The number of benzene rings is 1. The van der Waals surface area contributed by atoms with Gasteiger partial charge in [-0.1, -0.05) is 16.8 Å². The molecular weight excluding hydrogens is 293 g/mol. The molecule has 0 saturated heterocycles. The molecule has 1 aromatic carbocycles. The van der Waals surface area contributed by atoms with Gasteiger partial charge >= 0.3 is 6.18 Å². The molecule has 0 fully saturated rings. The van der Waals surface area contributed by atoms with Gasteiger partial charge in [0, 0.05) is 28.5 Å². The van der Waals surface area contributed by atoms with Gasteiger partial charge in [-0.2, -0.15) is 13.2 Å². The second kappa shape index (κ2) is 4.45. The van der Waals surface area contributed by atoms with Crippen molar-refractivity contribution in [3.05, 3.63) is 47.4 Å². The van der Waals surface area contributed by atoms with Crippen LogP contribution in [0.2, 0.25) is 5.02 Å². The Morgan fingerprint density at radius 2 is 1.95 bits per heavy atom. The van der Waals surface area contributed by atoms with Gasteiger partial charge in [-0.25, -0.2) is 9.50 Å². The summed E-state index contributed by atoms with van der Waals surface area (Å²) in [5.74, 6) is 0. The minimum Gasteiger partial charge on any atom is -0.235 e. The number of hydrogen-bond acceptors (Lipinski definition) is 3. The van der Waals surface area contributed by atoms with E-state index >= 15 is 0 Å². The highest BCUT2D eigenvalue weighted by Gasteiger charge is 2.31. The van der Waals surface area contributed by atoms with Crippen LogP contribution < -0.4 is 0 Å². The normalized spacial score (nSPS) is 12.0. The lowest BCUT2D eigenvalue weighted by Crippen LogP contribution is -2.05. The van der Waals surface area contributed by atoms with E-state index in [4.69, 9.17) is 11.6 Å². The van der Waals surface area contributed by atoms with Crippen molar-refractivity contribution in [3.8, 4) is 11.1 Å². The first-order valence-corrected chi connectivity index (χ1v) is 5.86. The molecule has 20 heavy (non-hydrogen) atoms. The van der Waals surface area contributed by atoms with Gasteiger partial charge in [-0.3, -0.25) is 0 Å². The molecule has 0 aliphatic heterocycles. The third-order valence-electron chi connectivity index (χ3n) is 2.76. The van der Waals surface area contributed by atoms with E-state index in [9.17, 15) is 13.2 Å². The number of rotatable bonds is 1. The van der Waals surface area contributed by atoms with Crippen molar-refractivity contribution < 1.29 is 13.2 Å². The largest absolute Gasteiger partial charge is 0.416 e. The lowest BCUT2D eigenvalue weighted by atomic mass is 10.1. The predicted octanol–water partition coefficient (Wildman–Crippen LogP) is 3.46. The van der Waals surface area contributed by atoms with E-state index in [0.717, 1.165) is 12.1 Å². The molecule has 8 heteroatoms. The van der Waals surface area contributed by atoms with Crippen LogP contribution >= 0.6 is 11.6 Å². The number of aromatic nitrogens is 4. The second-order valence-electron chi connectivity index (χ2n) is 4.07. The van der Waals surface area contributed by atoms with E-state index in [1.807, 2.05) is 0 Å². The molecule has 0 aliphatic carbocycles. The zero-order chi connectivity index (χ0) is 14.3. The van der Waals surface area contributed by atoms with Crippen LogP contribution in [0.1, 0.15) is 5.56 Å². The van der Waals surface area contributed by atoms with E-state index in [0.29, 0.717) is 11.2 Å². The highest BCUT2D eigenvalue weighted by atomic mass is 35.5. The fourth-order valence-electron chi connectivity index (χ4n) is 1.79. The maximum absolute atomic E-state index is 12.7. The Hall–Kier alpha value is -2.15. The summed E-state index contributed by atoms with van der Waals surface area (Å²) in [6, 6.07) is 3.14. The summed E-state index contributed by atoms with van der Waals surface area (Å²) in [5.41, 5.74) is 0.401. The fourth-order valence-corrected chi connectivity index (χ4v) is 2.01. The van der Waals surface area contributed by atoms with Crippen molar-refractivity contribution in [1.82, 2.24) is 19.8 Å². The Labute approximate surface area is 115 Å². The number of alkyl halides is 3. The van der Waals surface area contributed by atoms with Gasteiger partial charge in [-0.05, 0) is 18.2 Å². The van der Waals surface area contributed by atoms with Gasteiger partial charge in [0.1, 0.15) is 0 Å². The Balaban J connectivity index is 2.17. The Morgan fingerprint density at radius 1 is 1.15 bits per heavy atom. The highest BCUT2D eigenvalue weighted by Crippen LogP contribution is 2.35. The summed E-state index contributed by atoms with van der Waals surface area (Å²) in [6.45, 7) is 0. The van der Waals surface area contributed by atoms with Crippen molar-refractivity contribution in [3.63, 3.8) is 0 Å². The van der Waals surface area contributed by atoms with Crippen LogP contribution in [0.3, 0.4) is 0 Å². The summed E-state index contributed by atoms with van der Waals surface area (Å²) < 4.78 is 39.6. The second-order valence-corrected chi connectivity index (χ2v) is 4.48. The van der Waals surface area contributed by atoms with E-state index in [1.54, 1.807) is 0 Å². The quantitative estimate of drug-likeness (QED) is 0.691. The van der Waals surface area contributed by atoms with Crippen molar-refractivity contribution in [2.45, 2.75) is 6.18 Å². The standard InChI is InChI=1S/C12H6ClF3N4/c13-10-2-1-8(12(14,15)16)3-9(10)7-4-17-11-5-18-19-20(11)6-7/h1-6H. The van der Waals surface area contributed by atoms with Crippen molar-refractivity contribution in [1.29, 1.82) is 0 Å². The molecule has 0 atom stereocenters. The zero-order valence-corrected chi connectivity index (χ0v) is 10.5. The SMILES string of the molecule is FC(F)(F)c1ccc(Cl)c(-c2cnc3cnnn3c2)c1. The van der Waals surface area contributed by atoms with Gasteiger partial charge in [-0.15, -0.1) is 5.10 Å². The highest BCUT2D eigenvalue weighted by molar-refractivity contribution is 6.33. The van der Waals surface area contributed by atoms with Crippen LogP contribution in [-0.4, -0.2) is 19.8 Å². The van der Waals surface area contributed by atoms with Crippen LogP contribution in [0.5, 0.6) is 0 Å². The Morgan fingerprint density at radius 3 is 2.70 bits per heavy atom. The van der Waals surface area contributed by atoms with Crippen LogP contribution in [-0.2, 0) is 6.18 Å². The topological polar surface area (TPSA) is 43.1 Å². The number of hydrogen-bond donors (Lipinski definition) is 0. The van der Waals surface area contributed by atoms with Gasteiger partial charge in [0.05, 0.1) is 11.8 Å². The zero-order valence-electron chi connectivity index (χ0n) is 9.76. The van der Waals surface area contributed by atoms with Gasteiger partial charge < -0.3 is 0 Å². The first-order valence-electron chi connectivity index (χ1n) is 5.48. The minimum atomic E-state index is -4.43. The molecule has 0 N–H and O–H groups in total. The monoisotopic (exact) mass is 298 g/mol. The van der Waals surface area contributed by atoms with E-state index < -0.39 is 11.7 Å². The summed E-state index contributed by atoms with van der Waals surface area (Å²) in [7, 11) is 0. The van der Waals surface area contributed by atoms with Crippen LogP contribution in [0.15, 0.2) is 36.8 Å². The Kier molecular flexibility index (Phi) is 2.86. The van der Waals surface area contributed by atoms with Crippen molar-refractivity contribution >= 4 is 17.2 Å². The van der Waals surface area contributed by atoms with Crippen LogP contribution in [0.4, 0.5) is 13.2 Å². The van der Waals surface area contributed by atoms with E-state index in [-0.39, 0.29) is 10.6 Å². The average molecular weight is 299 g/mol. The number of nitrogens with zero attached hydrogens (tertiary/aromatic N) is 4. The maximum Gasteiger partial charge on any atom is 0.416 e. The Bertz CT molecular complexity index is 782. The molecule has 102 valence electrons. The van der Waals surface area contributed by atoms with Crippen LogP contribution in [0.25, 0.3) is 16.8 Å². The molecule has 0 aliphatic rings. The predicted molar refractivity (Wildman–Crippen MR) is 66.2 cm³/mol. The molecule has 2 heterocycles. The summed E-state index contributed by atoms with van der Waals surface area (Å²) in [6.07, 6.45) is -0.0294. The molecule has 4 nitrogen and oxygen atoms in total. The molecule has 0 radical (unpaired) electrons. The molecule has 0 saturated carbocycles. The first kappa shape index (κ1) is 12.9.